The average Bonchev–Trinajstić information content (AvgIpc) is 3.34. The monoisotopic (exact) mass is 329 g/mol. The summed E-state index contributed by atoms with van der Waals surface area (Å²) >= 11 is 0. The first-order chi connectivity index (χ1) is 11.7. The molecule has 128 valence electrons. The van der Waals surface area contributed by atoms with Crippen LogP contribution in [0.4, 0.5) is 0 Å². The van der Waals surface area contributed by atoms with Gasteiger partial charge in [-0.25, -0.2) is 0 Å². The fraction of sp³-hybridized carbons (Fsp3) is 0.611. The van der Waals surface area contributed by atoms with Crippen LogP contribution in [0.25, 0.3) is 0 Å². The van der Waals surface area contributed by atoms with Gasteiger partial charge in [0.15, 0.2) is 0 Å². The van der Waals surface area contributed by atoms with E-state index in [9.17, 15) is 9.59 Å². The second-order valence-corrected chi connectivity index (χ2v) is 7.13. The zero-order valence-electron chi connectivity index (χ0n) is 13.8. The van der Waals surface area contributed by atoms with Crippen molar-refractivity contribution in [2.45, 2.75) is 38.3 Å². The summed E-state index contributed by atoms with van der Waals surface area (Å²) in [5.74, 6) is 0.261. The second-order valence-electron chi connectivity index (χ2n) is 7.13. The Balaban J connectivity index is 1.41. The molecule has 1 aromatic heterocycles. The molecule has 4 rings (SSSR count). The Morgan fingerprint density at radius 3 is 3.00 bits per heavy atom. The molecule has 4 heterocycles. The molecule has 1 spiro atoms. The summed E-state index contributed by atoms with van der Waals surface area (Å²) < 4.78 is 5.51. The highest BCUT2D eigenvalue weighted by molar-refractivity contribution is 5.88. The Bertz CT molecular complexity index is 630. The highest BCUT2D eigenvalue weighted by atomic mass is 16.5. The number of carbonyl (C=O) groups excluding carboxylic acids is 2. The Hall–Kier alpha value is -1.95. The van der Waals surface area contributed by atoms with Crippen molar-refractivity contribution in [1.29, 1.82) is 0 Å². The van der Waals surface area contributed by atoms with Crippen LogP contribution in [-0.4, -0.2) is 58.9 Å². The largest absolute Gasteiger partial charge is 0.368 e. The molecule has 3 aliphatic rings. The number of rotatable bonds is 3. The molecule has 0 N–H and O–H groups in total. The van der Waals surface area contributed by atoms with E-state index in [1.165, 1.54) is 0 Å². The SMILES string of the molecule is O=C([C@H]1CCCO1)N1CC[C@]2(CCN(Cc3cccnc3)C2=O)C1. The van der Waals surface area contributed by atoms with Crippen molar-refractivity contribution in [3.05, 3.63) is 30.1 Å². The lowest BCUT2D eigenvalue weighted by atomic mass is 9.85. The minimum absolute atomic E-state index is 0.0721. The Morgan fingerprint density at radius 1 is 1.38 bits per heavy atom. The van der Waals surface area contributed by atoms with E-state index in [1.54, 1.807) is 12.4 Å². The first-order valence-corrected chi connectivity index (χ1v) is 8.77. The molecular weight excluding hydrogens is 306 g/mol. The van der Waals surface area contributed by atoms with E-state index in [2.05, 4.69) is 4.98 Å². The van der Waals surface area contributed by atoms with E-state index < -0.39 is 0 Å². The molecule has 0 aromatic carbocycles. The van der Waals surface area contributed by atoms with Crippen LogP contribution in [-0.2, 0) is 20.9 Å². The number of ether oxygens (including phenoxy) is 1. The van der Waals surface area contributed by atoms with E-state index in [1.807, 2.05) is 21.9 Å². The van der Waals surface area contributed by atoms with Gasteiger partial charge < -0.3 is 14.5 Å². The van der Waals surface area contributed by atoms with E-state index in [0.717, 1.165) is 37.8 Å². The molecule has 0 radical (unpaired) electrons. The van der Waals surface area contributed by atoms with Gasteiger partial charge in [0.1, 0.15) is 6.10 Å². The van der Waals surface area contributed by atoms with Gasteiger partial charge in [0.2, 0.25) is 5.91 Å². The maximum Gasteiger partial charge on any atom is 0.251 e. The van der Waals surface area contributed by atoms with Crippen molar-refractivity contribution in [2.75, 3.05) is 26.2 Å². The summed E-state index contributed by atoms with van der Waals surface area (Å²) in [6, 6.07) is 3.89. The van der Waals surface area contributed by atoms with Gasteiger partial charge in [0.25, 0.3) is 5.91 Å². The number of hydrogen-bond donors (Lipinski definition) is 0. The fourth-order valence-electron chi connectivity index (χ4n) is 4.17. The molecular formula is C18H23N3O3. The maximum absolute atomic E-state index is 13.0. The number of nitrogens with zero attached hydrogens (tertiary/aromatic N) is 3. The first-order valence-electron chi connectivity index (χ1n) is 8.77. The molecule has 0 unspecified atom stereocenters. The van der Waals surface area contributed by atoms with Crippen molar-refractivity contribution < 1.29 is 14.3 Å². The number of likely N-dealkylation sites (tertiary alicyclic amines) is 2. The minimum Gasteiger partial charge on any atom is -0.368 e. The fourth-order valence-corrected chi connectivity index (χ4v) is 4.17. The molecule has 2 atom stereocenters. The van der Waals surface area contributed by atoms with E-state index >= 15 is 0 Å². The normalized spacial score (nSPS) is 29.8. The highest BCUT2D eigenvalue weighted by Crippen LogP contribution is 2.41. The number of amides is 2. The van der Waals surface area contributed by atoms with Crippen molar-refractivity contribution in [3.8, 4) is 0 Å². The highest BCUT2D eigenvalue weighted by Gasteiger charge is 2.52. The van der Waals surface area contributed by atoms with Crippen molar-refractivity contribution >= 4 is 11.8 Å². The molecule has 3 fully saturated rings. The number of carbonyl (C=O) groups is 2. The van der Waals surface area contributed by atoms with Crippen LogP contribution in [0.3, 0.4) is 0 Å². The minimum atomic E-state index is -0.378. The number of aromatic nitrogens is 1. The van der Waals surface area contributed by atoms with Crippen molar-refractivity contribution in [3.63, 3.8) is 0 Å². The molecule has 2 amide bonds. The van der Waals surface area contributed by atoms with Crippen LogP contribution in [0, 0.1) is 5.41 Å². The van der Waals surface area contributed by atoms with E-state index in [0.29, 0.717) is 26.2 Å². The zero-order valence-corrected chi connectivity index (χ0v) is 13.8. The van der Waals surface area contributed by atoms with E-state index in [-0.39, 0.29) is 23.3 Å². The third-order valence-electron chi connectivity index (χ3n) is 5.57. The van der Waals surface area contributed by atoms with Gasteiger partial charge in [-0.05, 0) is 37.3 Å². The third kappa shape index (κ3) is 2.69. The van der Waals surface area contributed by atoms with Crippen LogP contribution < -0.4 is 0 Å². The quantitative estimate of drug-likeness (QED) is 0.836. The molecule has 0 bridgehead atoms. The van der Waals surface area contributed by atoms with Crippen molar-refractivity contribution in [1.82, 2.24) is 14.8 Å². The van der Waals surface area contributed by atoms with Crippen LogP contribution in [0.2, 0.25) is 0 Å². The van der Waals surface area contributed by atoms with Gasteiger partial charge in [-0.15, -0.1) is 0 Å². The van der Waals surface area contributed by atoms with Gasteiger partial charge in [0.05, 0.1) is 5.41 Å². The lowest BCUT2D eigenvalue weighted by molar-refractivity contribution is -0.141. The van der Waals surface area contributed by atoms with E-state index in [4.69, 9.17) is 4.74 Å². The molecule has 0 saturated carbocycles. The lowest BCUT2D eigenvalue weighted by Crippen LogP contribution is -2.41. The van der Waals surface area contributed by atoms with Crippen LogP contribution in [0.15, 0.2) is 24.5 Å². The first kappa shape index (κ1) is 15.6. The van der Waals surface area contributed by atoms with Gasteiger partial charge in [-0.2, -0.15) is 0 Å². The summed E-state index contributed by atoms with van der Waals surface area (Å²) in [4.78, 5) is 33.4. The average molecular weight is 329 g/mol. The maximum atomic E-state index is 13.0. The predicted molar refractivity (Wildman–Crippen MR) is 86.9 cm³/mol. The Kier molecular flexibility index (Phi) is 4.00. The Labute approximate surface area is 141 Å². The Morgan fingerprint density at radius 2 is 2.25 bits per heavy atom. The van der Waals surface area contributed by atoms with Gasteiger partial charge in [-0.1, -0.05) is 6.07 Å². The summed E-state index contributed by atoms with van der Waals surface area (Å²) in [7, 11) is 0. The van der Waals surface area contributed by atoms with Crippen molar-refractivity contribution in [2.24, 2.45) is 5.41 Å². The van der Waals surface area contributed by atoms with Gasteiger partial charge in [-0.3, -0.25) is 14.6 Å². The molecule has 24 heavy (non-hydrogen) atoms. The molecule has 1 aromatic rings. The molecule has 3 saturated heterocycles. The van der Waals surface area contributed by atoms with Crippen LogP contribution in [0.1, 0.15) is 31.2 Å². The molecule has 3 aliphatic heterocycles. The predicted octanol–water partition coefficient (Wildman–Crippen LogP) is 1.21. The lowest BCUT2D eigenvalue weighted by Gasteiger charge is -2.25. The van der Waals surface area contributed by atoms with Crippen LogP contribution >= 0.6 is 0 Å². The topological polar surface area (TPSA) is 62.7 Å². The molecule has 0 aliphatic carbocycles. The van der Waals surface area contributed by atoms with Crippen LogP contribution in [0.5, 0.6) is 0 Å². The van der Waals surface area contributed by atoms with Gasteiger partial charge >= 0.3 is 0 Å². The standard InChI is InChI=1S/C18H23N3O3/c22-16(15-4-2-10-24-15)21-9-6-18(13-21)5-8-20(17(18)23)12-14-3-1-7-19-11-14/h1,3,7,11,15H,2,4-6,8-10,12-13H2/t15-,18-/m1/s1. The summed E-state index contributed by atoms with van der Waals surface area (Å²) in [6.45, 7) is 3.26. The van der Waals surface area contributed by atoms with Gasteiger partial charge in [0, 0.05) is 45.2 Å². The second kappa shape index (κ2) is 6.16. The zero-order chi connectivity index (χ0) is 16.6. The summed E-state index contributed by atoms with van der Waals surface area (Å²) in [5, 5.41) is 0. The number of pyridine rings is 1. The molecule has 6 heteroatoms. The number of hydrogen-bond acceptors (Lipinski definition) is 4. The summed E-state index contributed by atoms with van der Waals surface area (Å²) in [5.41, 5.74) is 0.671. The smallest absolute Gasteiger partial charge is 0.251 e. The molecule has 6 nitrogen and oxygen atoms in total. The third-order valence-corrected chi connectivity index (χ3v) is 5.57. The summed E-state index contributed by atoms with van der Waals surface area (Å²) in [6.07, 6.45) is 6.62.